The number of ether oxygens (including phenoxy) is 1. The van der Waals surface area contributed by atoms with E-state index in [4.69, 9.17) is 4.74 Å². The summed E-state index contributed by atoms with van der Waals surface area (Å²) in [5.41, 5.74) is 1.76. The molecule has 1 heterocycles. The fourth-order valence-corrected chi connectivity index (χ4v) is 2.30. The molecule has 22 heavy (non-hydrogen) atoms. The minimum Gasteiger partial charge on any atom is -0.507 e. The van der Waals surface area contributed by atoms with Crippen LogP contribution in [0.2, 0.25) is 0 Å². The standard InChI is InChI=1S/C17H14N2O3/c1-22-16-9-5-3-7-12(16)14-10-13(18-17(21)19-14)11-6-2-4-8-15(11)20/h2-10,20H,1H3,(H,18,19,21). The number of hydrogen-bond donors (Lipinski definition) is 2. The third-order valence-electron chi connectivity index (χ3n) is 3.32. The molecule has 2 N–H and O–H groups in total. The van der Waals surface area contributed by atoms with E-state index in [1.807, 2.05) is 18.2 Å². The Balaban J connectivity index is 2.20. The van der Waals surface area contributed by atoms with Crippen LogP contribution in [-0.2, 0) is 0 Å². The van der Waals surface area contributed by atoms with Gasteiger partial charge in [-0.2, -0.15) is 4.98 Å². The molecule has 0 saturated carbocycles. The first-order chi connectivity index (χ1) is 10.7. The molecule has 1 aromatic heterocycles. The third kappa shape index (κ3) is 2.56. The topological polar surface area (TPSA) is 75.2 Å². The molecule has 0 aliphatic carbocycles. The lowest BCUT2D eigenvalue weighted by molar-refractivity contribution is 0.416. The molecular weight excluding hydrogens is 280 g/mol. The highest BCUT2D eigenvalue weighted by atomic mass is 16.5. The van der Waals surface area contributed by atoms with E-state index in [0.717, 1.165) is 0 Å². The van der Waals surface area contributed by atoms with Crippen molar-refractivity contribution in [3.8, 4) is 34.0 Å². The fraction of sp³-hybridized carbons (Fsp3) is 0.0588. The second-order valence-electron chi connectivity index (χ2n) is 4.70. The summed E-state index contributed by atoms with van der Waals surface area (Å²) in [4.78, 5) is 18.5. The zero-order valence-electron chi connectivity index (χ0n) is 11.9. The smallest absolute Gasteiger partial charge is 0.345 e. The van der Waals surface area contributed by atoms with Gasteiger partial charge in [0.15, 0.2) is 0 Å². The van der Waals surface area contributed by atoms with Gasteiger partial charge in [-0.15, -0.1) is 0 Å². The molecule has 2 aromatic carbocycles. The molecule has 0 spiro atoms. The monoisotopic (exact) mass is 294 g/mol. The van der Waals surface area contributed by atoms with Crippen LogP contribution in [0.5, 0.6) is 11.5 Å². The Morgan fingerprint density at radius 1 is 1.05 bits per heavy atom. The van der Waals surface area contributed by atoms with Crippen molar-refractivity contribution in [1.29, 1.82) is 0 Å². The molecule has 0 amide bonds. The number of nitrogens with one attached hydrogen (secondary N) is 1. The number of para-hydroxylation sites is 2. The Hall–Kier alpha value is -3.08. The Morgan fingerprint density at radius 2 is 1.73 bits per heavy atom. The van der Waals surface area contributed by atoms with Crippen LogP contribution in [0.25, 0.3) is 22.5 Å². The van der Waals surface area contributed by atoms with E-state index in [0.29, 0.717) is 28.3 Å². The molecular formula is C17H14N2O3. The van der Waals surface area contributed by atoms with Crippen molar-refractivity contribution < 1.29 is 9.84 Å². The van der Waals surface area contributed by atoms with Crippen LogP contribution in [0.4, 0.5) is 0 Å². The van der Waals surface area contributed by atoms with Gasteiger partial charge in [0, 0.05) is 11.1 Å². The molecule has 3 rings (SSSR count). The summed E-state index contributed by atoms with van der Waals surface area (Å²) in [5.74, 6) is 0.721. The van der Waals surface area contributed by atoms with E-state index in [9.17, 15) is 9.90 Å². The van der Waals surface area contributed by atoms with Crippen molar-refractivity contribution in [3.05, 3.63) is 65.1 Å². The van der Waals surface area contributed by atoms with Crippen molar-refractivity contribution in [2.24, 2.45) is 0 Å². The molecule has 5 heteroatoms. The predicted molar refractivity (Wildman–Crippen MR) is 83.9 cm³/mol. The van der Waals surface area contributed by atoms with Gasteiger partial charge in [-0.05, 0) is 30.3 Å². The lowest BCUT2D eigenvalue weighted by Crippen LogP contribution is -2.12. The van der Waals surface area contributed by atoms with Gasteiger partial charge in [0.05, 0.1) is 18.5 Å². The van der Waals surface area contributed by atoms with Gasteiger partial charge >= 0.3 is 5.69 Å². The molecule has 0 radical (unpaired) electrons. The quantitative estimate of drug-likeness (QED) is 0.779. The average Bonchev–Trinajstić information content (AvgIpc) is 2.54. The van der Waals surface area contributed by atoms with Crippen LogP contribution >= 0.6 is 0 Å². The maximum absolute atomic E-state index is 11.9. The van der Waals surface area contributed by atoms with Gasteiger partial charge in [-0.25, -0.2) is 4.79 Å². The normalized spacial score (nSPS) is 10.4. The number of H-pyrrole nitrogens is 1. The molecule has 0 unspecified atom stereocenters. The molecule has 5 nitrogen and oxygen atoms in total. The second-order valence-corrected chi connectivity index (χ2v) is 4.70. The van der Waals surface area contributed by atoms with E-state index in [1.165, 1.54) is 0 Å². The first-order valence-corrected chi connectivity index (χ1v) is 6.72. The Kier molecular flexibility index (Phi) is 3.62. The zero-order valence-corrected chi connectivity index (χ0v) is 11.9. The Labute approximate surface area is 126 Å². The summed E-state index contributed by atoms with van der Waals surface area (Å²) in [6, 6.07) is 15.8. The number of hydrogen-bond acceptors (Lipinski definition) is 4. The van der Waals surface area contributed by atoms with Crippen LogP contribution in [-0.4, -0.2) is 22.2 Å². The van der Waals surface area contributed by atoms with Crippen LogP contribution in [0.15, 0.2) is 59.4 Å². The summed E-state index contributed by atoms with van der Waals surface area (Å²) < 4.78 is 5.31. The lowest BCUT2D eigenvalue weighted by atomic mass is 10.1. The number of phenolic OH excluding ortho intramolecular Hbond substituents is 1. The number of aromatic hydroxyl groups is 1. The molecule has 0 bridgehead atoms. The molecule has 0 aliphatic rings. The highest BCUT2D eigenvalue weighted by Gasteiger charge is 2.11. The van der Waals surface area contributed by atoms with E-state index in [1.54, 1.807) is 43.5 Å². The molecule has 0 atom stereocenters. The zero-order chi connectivity index (χ0) is 15.5. The van der Waals surface area contributed by atoms with Crippen LogP contribution < -0.4 is 10.4 Å². The fourth-order valence-electron chi connectivity index (χ4n) is 2.30. The van der Waals surface area contributed by atoms with Crippen LogP contribution in [0.3, 0.4) is 0 Å². The summed E-state index contributed by atoms with van der Waals surface area (Å²) in [7, 11) is 1.57. The SMILES string of the molecule is COc1ccccc1-c1cc(-c2ccccc2O)[nH]c(=O)n1. The minimum atomic E-state index is -0.485. The van der Waals surface area contributed by atoms with Crippen molar-refractivity contribution >= 4 is 0 Å². The summed E-state index contributed by atoms with van der Waals surface area (Å²) in [5, 5.41) is 9.95. The average molecular weight is 294 g/mol. The van der Waals surface area contributed by atoms with Gasteiger partial charge in [-0.3, -0.25) is 0 Å². The number of methoxy groups -OCH3 is 1. The van der Waals surface area contributed by atoms with E-state index < -0.39 is 5.69 Å². The summed E-state index contributed by atoms with van der Waals surface area (Å²) in [6.07, 6.45) is 0. The van der Waals surface area contributed by atoms with Crippen LogP contribution in [0, 0.1) is 0 Å². The van der Waals surface area contributed by atoms with E-state index in [-0.39, 0.29) is 5.75 Å². The van der Waals surface area contributed by atoms with Gasteiger partial charge < -0.3 is 14.8 Å². The predicted octanol–water partition coefficient (Wildman–Crippen LogP) is 2.82. The molecule has 3 aromatic rings. The lowest BCUT2D eigenvalue weighted by Gasteiger charge is -2.09. The first kappa shape index (κ1) is 13.9. The minimum absolute atomic E-state index is 0.0929. The maximum atomic E-state index is 11.9. The van der Waals surface area contributed by atoms with Gasteiger partial charge in [-0.1, -0.05) is 24.3 Å². The highest BCUT2D eigenvalue weighted by molar-refractivity contribution is 5.73. The first-order valence-electron chi connectivity index (χ1n) is 6.72. The van der Waals surface area contributed by atoms with Crippen molar-refractivity contribution in [2.45, 2.75) is 0 Å². The van der Waals surface area contributed by atoms with Crippen molar-refractivity contribution in [3.63, 3.8) is 0 Å². The van der Waals surface area contributed by atoms with Crippen LogP contribution in [0.1, 0.15) is 0 Å². The van der Waals surface area contributed by atoms with E-state index in [2.05, 4.69) is 9.97 Å². The van der Waals surface area contributed by atoms with E-state index >= 15 is 0 Å². The second kappa shape index (κ2) is 5.73. The summed E-state index contributed by atoms with van der Waals surface area (Å²) >= 11 is 0. The molecule has 0 fully saturated rings. The Morgan fingerprint density at radius 3 is 2.45 bits per heavy atom. The van der Waals surface area contributed by atoms with Gasteiger partial charge in [0.2, 0.25) is 0 Å². The van der Waals surface area contributed by atoms with Gasteiger partial charge in [0.25, 0.3) is 0 Å². The Bertz CT molecular complexity index is 872. The summed E-state index contributed by atoms with van der Waals surface area (Å²) in [6.45, 7) is 0. The number of benzene rings is 2. The molecule has 110 valence electrons. The maximum Gasteiger partial charge on any atom is 0.345 e. The van der Waals surface area contributed by atoms with Crippen molar-refractivity contribution in [2.75, 3.05) is 7.11 Å². The number of aromatic nitrogens is 2. The van der Waals surface area contributed by atoms with Gasteiger partial charge in [0.1, 0.15) is 11.5 Å². The van der Waals surface area contributed by atoms with Crippen molar-refractivity contribution in [1.82, 2.24) is 9.97 Å². The molecule has 0 saturated heterocycles. The number of phenols is 1. The number of aromatic amines is 1. The third-order valence-corrected chi connectivity index (χ3v) is 3.32. The highest BCUT2D eigenvalue weighted by Crippen LogP contribution is 2.31. The number of rotatable bonds is 3. The number of nitrogens with zero attached hydrogens (tertiary/aromatic N) is 1. The molecule has 0 aliphatic heterocycles. The largest absolute Gasteiger partial charge is 0.507 e.